The maximum absolute atomic E-state index is 11.6. The lowest BCUT2D eigenvalue weighted by atomic mass is 9.81. The molecule has 2 aliphatic carbocycles. The summed E-state index contributed by atoms with van der Waals surface area (Å²) in [5, 5.41) is 27.0. The third kappa shape index (κ3) is 9.49. The Morgan fingerprint density at radius 1 is 0.672 bits per heavy atom. The topological polar surface area (TPSA) is 181 Å². The number of ketones is 1. The van der Waals surface area contributed by atoms with Gasteiger partial charge in [-0.3, -0.25) is 19.9 Å². The number of likely N-dealkylation sites (tertiary alicyclic amines) is 1. The van der Waals surface area contributed by atoms with Crippen molar-refractivity contribution in [1.82, 2.24) is 45.2 Å². The van der Waals surface area contributed by atoms with Gasteiger partial charge in [0.05, 0.1) is 18.0 Å². The number of carbonyl (C=O) groups is 1. The van der Waals surface area contributed by atoms with Crippen LogP contribution in [0.4, 0.5) is 0 Å². The van der Waals surface area contributed by atoms with Crippen LogP contribution in [0.5, 0.6) is 0 Å². The van der Waals surface area contributed by atoms with Crippen molar-refractivity contribution in [2.75, 3.05) is 13.2 Å². The molecule has 304 valence electrons. The molecule has 3 fully saturated rings. The standard InChI is InChI=1S/C24H28ClN5O.C19H17ClN4O.ClH.H2O/c25-18-7-3-16(4-8-18)23-22(21-11-12-26-15-27-21)24(29-28-23)17-5-9-19(10-6-17)30-13-1-2-20(30)14-31;20-14-5-1-12(2-6-14)18-17(16-9-10-21-11-22-16)19(24-23-18)13-3-7-15(25)8-4-13;;/h3-4,7-8,11-12,15,17,19-20,31H,1-2,5-6,9-10,13-14H2,(H,28,29);1-2,5-6,9-11,13H,3-4,7-8H2,(H,23,24);1H;1H2/t17?,19?,20-;;;/m0.../s1. The van der Waals surface area contributed by atoms with Crippen molar-refractivity contribution in [2.45, 2.75) is 88.1 Å². The smallest absolute Gasteiger partial charge is 0.132 e. The number of aliphatic hydroxyl groups excluding tert-OH is 1. The number of rotatable bonds is 8. The number of nitrogens with one attached hydrogen (secondary N) is 2. The second-order valence-corrected chi connectivity index (χ2v) is 15.8. The zero-order valence-corrected chi connectivity index (χ0v) is 34.4. The number of nitrogens with zero attached hydrogens (tertiary/aromatic N) is 7. The summed E-state index contributed by atoms with van der Waals surface area (Å²) < 4.78 is 0. The van der Waals surface area contributed by atoms with Crippen molar-refractivity contribution in [2.24, 2.45) is 0 Å². The second kappa shape index (κ2) is 19.9. The third-order valence-corrected chi connectivity index (χ3v) is 12.2. The summed E-state index contributed by atoms with van der Waals surface area (Å²) in [4.78, 5) is 31.2. The molecule has 4 aromatic heterocycles. The van der Waals surface area contributed by atoms with E-state index in [0.29, 0.717) is 46.7 Å². The van der Waals surface area contributed by atoms with Gasteiger partial charge in [-0.2, -0.15) is 10.2 Å². The molecule has 2 aromatic carbocycles. The summed E-state index contributed by atoms with van der Waals surface area (Å²) in [6, 6.07) is 20.2. The van der Waals surface area contributed by atoms with E-state index in [-0.39, 0.29) is 30.4 Å². The lowest BCUT2D eigenvalue weighted by molar-refractivity contribution is -0.120. The molecule has 3 aliphatic rings. The van der Waals surface area contributed by atoms with E-state index in [1.54, 1.807) is 25.0 Å². The van der Waals surface area contributed by atoms with Crippen LogP contribution in [-0.4, -0.2) is 86.8 Å². The van der Waals surface area contributed by atoms with Crippen molar-refractivity contribution in [3.8, 4) is 45.0 Å². The fraction of sp³-hybridized carbons (Fsp3) is 0.372. The van der Waals surface area contributed by atoms with Gasteiger partial charge >= 0.3 is 0 Å². The van der Waals surface area contributed by atoms with Crippen LogP contribution in [0.2, 0.25) is 10.0 Å². The quantitative estimate of drug-likeness (QED) is 0.135. The molecule has 6 aromatic rings. The first kappa shape index (κ1) is 43.0. The Morgan fingerprint density at radius 3 is 1.60 bits per heavy atom. The van der Waals surface area contributed by atoms with Gasteiger partial charge in [-0.05, 0) is 94.3 Å². The van der Waals surface area contributed by atoms with Crippen molar-refractivity contribution >= 4 is 41.4 Å². The van der Waals surface area contributed by atoms with Crippen LogP contribution in [0.3, 0.4) is 0 Å². The molecular weight excluding hydrogens is 797 g/mol. The number of aromatic nitrogens is 8. The Bertz CT molecular complexity index is 2200. The highest BCUT2D eigenvalue weighted by atomic mass is 35.5. The van der Waals surface area contributed by atoms with Crippen molar-refractivity contribution < 1.29 is 15.4 Å². The van der Waals surface area contributed by atoms with Crippen LogP contribution in [0, 0.1) is 0 Å². The first-order valence-corrected chi connectivity index (χ1v) is 20.3. The fourth-order valence-electron chi connectivity index (χ4n) is 8.79. The van der Waals surface area contributed by atoms with Crippen molar-refractivity contribution in [3.05, 3.63) is 107 Å². The summed E-state index contributed by atoms with van der Waals surface area (Å²) in [7, 11) is 0. The predicted molar refractivity (Wildman–Crippen MR) is 229 cm³/mol. The highest BCUT2D eigenvalue weighted by Gasteiger charge is 2.35. The van der Waals surface area contributed by atoms with E-state index in [1.807, 2.05) is 60.7 Å². The van der Waals surface area contributed by atoms with Gasteiger partial charge < -0.3 is 10.6 Å². The SMILES string of the molecule is Cl.O.O=C1CCC(c2[nH]nc(-c3ccc(Cl)cc3)c2-c2ccncn2)CC1.OC[C@@H]1CCCN1C1CCC(c2[nH]nc(-c3ccc(Cl)cc3)c2-c2ccncn2)CC1. The zero-order valence-electron chi connectivity index (χ0n) is 32.0. The highest BCUT2D eigenvalue weighted by Crippen LogP contribution is 2.43. The predicted octanol–water partition coefficient (Wildman–Crippen LogP) is 8.68. The van der Waals surface area contributed by atoms with E-state index in [0.717, 1.165) is 102 Å². The molecule has 58 heavy (non-hydrogen) atoms. The normalized spacial score (nSPS) is 19.8. The van der Waals surface area contributed by atoms with Gasteiger partial charge in [-0.1, -0.05) is 47.5 Å². The van der Waals surface area contributed by atoms with Crippen LogP contribution in [0.15, 0.2) is 85.7 Å². The number of H-pyrrole nitrogens is 2. The van der Waals surface area contributed by atoms with E-state index in [4.69, 9.17) is 28.3 Å². The molecule has 1 aliphatic heterocycles. The van der Waals surface area contributed by atoms with Gasteiger partial charge in [-0.15, -0.1) is 12.4 Å². The summed E-state index contributed by atoms with van der Waals surface area (Å²) in [6.07, 6.45) is 16.5. The highest BCUT2D eigenvalue weighted by molar-refractivity contribution is 6.31. The monoisotopic (exact) mass is 843 g/mol. The minimum absolute atomic E-state index is 0. The maximum Gasteiger partial charge on any atom is 0.132 e. The van der Waals surface area contributed by atoms with Gasteiger partial charge in [0.25, 0.3) is 0 Å². The van der Waals surface area contributed by atoms with Gasteiger partial charge in [0.1, 0.15) is 29.8 Å². The van der Waals surface area contributed by atoms with E-state index in [9.17, 15) is 9.90 Å². The summed E-state index contributed by atoms with van der Waals surface area (Å²) in [5.74, 6) is 1.05. The average Bonchev–Trinajstić information content (AvgIpc) is 4.02. The first-order valence-electron chi connectivity index (χ1n) is 19.6. The molecule has 5 heterocycles. The minimum atomic E-state index is 0. The molecule has 0 radical (unpaired) electrons. The molecule has 1 saturated heterocycles. The Hall–Kier alpha value is -4.56. The summed E-state index contributed by atoms with van der Waals surface area (Å²) in [5.41, 5.74) is 9.77. The molecule has 0 bridgehead atoms. The molecule has 9 rings (SSSR count). The lowest BCUT2D eigenvalue weighted by Crippen LogP contribution is -2.42. The lowest BCUT2D eigenvalue weighted by Gasteiger charge is -2.37. The van der Waals surface area contributed by atoms with Gasteiger partial charge in [0.15, 0.2) is 0 Å². The van der Waals surface area contributed by atoms with Crippen LogP contribution in [0.1, 0.15) is 87.4 Å². The van der Waals surface area contributed by atoms with Gasteiger partial charge in [0, 0.05) is 92.8 Å². The molecule has 15 heteroatoms. The molecule has 0 spiro atoms. The second-order valence-electron chi connectivity index (χ2n) is 15.0. The van der Waals surface area contributed by atoms with E-state index in [1.165, 1.54) is 12.1 Å². The fourth-order valence-corrected chi connectivity index (χ4v) is 9.04. The summed E-state index contributed by atoms with van der Waals surface area (Å²) in [6.45, 7) is 1.40. The largest absolute Gasteiger partial charge is 0.412 e. The van der Waals surface area contributed by atoms with E-state index in [2.05, 4.69) is 40.1 Å². The zero-order chi connectivity index (χ0) is 38.4. The third-order valence-electron chi connectivity index (χ3n) is 11.7. The van der Waals surface area contributed by atoms with Crippen molar-refractivity contribution in [1.29, 1.82) is 0 Å². The van der Waals surface area contributed by atoms with Gasteiger partial charge in [-0.25, -0.2) is 19.9 Å². The summed E-state index contributed by atoms with van der Waals surface area (Å²) >= 11 is 12.1. The average molecular weight is 845 g/mol. The Kier molecular flexibility index (Phi) is 14.8. The molecule has 0 amide bonds. The van der Waals surface area contributed by atoms with E-state index >= 15 is 0 Å². The Morgan fingerprint density at radius 2 is 1.16 bits per heavy atom. The molecular formula is C43H48Cl3N9O3. The number of hydrogen-bond acceptors (Lipinski definition) is 9. The number of Topliss-reactive ketones (excluding diaryl/α,β-unsaturated/α-hetero) is 1. The molecule has 2 saturated carbocycles. The number of carbonyl (C=O) groups excluding carboxylic acids is 1. The number of halogens is 3. The number of aliphatic hydroxyl groups is 1. The molecule has 1 atom stereocenters. The number of hydrogen-bond donors (Lipinski definition) is 3. The van der Waals surface area contributed by atoms with Crippen molar-refractivity contribution in [3.63, 3.8) is 0 Å². The minimum Gasteiger partial charge on any atom is -0.412 e. The van der Waals surface area contributed by atoms with Crippen LogP contribution in [0.25, 0.3) is 45.0 Å². The first-order chi connectivity index (χ1) is 27.5. The molecule has 12 nitrogen and oxygen atoms in total. The molecule has 5 N–H and O–H groups in total. The molecule has 0 unspecified atom stereocenters. The van der Waals surface area contributed by atoms with Crippen LogP contribution in [-0.2, 0) is 4.79 Å². The van der Waals surface area contributed by atoms with Gasteiger partial charge in [0.2, 0.25) is 0 Å². The number of benzene rings is 2. The van der Waals surface area contributed by atoms with Crippen LogP contribution < -0.4 is 0 Å². The Labute approximate surface area is 354 Å². The Balaban J connectivity index is 0.000000193. The van der Waals surface area contributed by atoms with E-state index < -0.39 is 0 Å². The maximum atomic E-state index is 11.6. The van der Waals surface area contributed by atoms with Crippen LogP contribution >= 0.6 is 35.6 Å². The number of aromatic amines is 2.